The fourth-order valence-corrected chi connectivity index (χ4v) is 4.37. The van der Waals surface area contributed by atoms with Crippen molar-refractivity contribution in [1.29, 1.82) is 0 Å². The average molecular weight is 378 g/mol. The van der Waals surface area contributed by atoms with Gasteiger partial charge in [0.25, 0.3) is 0 Å². The van der Waals surface area contributed by atoms with Crippen LogP contribution in [-0.2, 0) is 0 Å². The van der Waals surface area contributed by atoms with Crippen LogP contribution in [0.15, 0.2) is 36.4 Å². The van der Waals surface area contributed by atoms with Crippen LogP contribution in [0.5, 0.6) is 11.5 Å². The molecule has 1 aromatic heterocycles. The Labute approximate surface area is 167 Å². The summed E-state index contributed by atoms with van der Waals surface area (Å²) in [5.41, 5.74) is 6.16. The molecule has 4 nitrogen and oxygen atoms in total. The number of H-pyrrole nitrogens is 1. The Balaban J connectivity index is 1.68. The number of likely N-dealkylation sites (tertiary alicyclic amines) is 1. The van der Waals surface area contributed by atoms with Gasteiger partial charge in [-0.3, -0.25) is 0 Å². The molecular weight excluding hydrogens is 348 g/mol. The van der Waals surface area contributed by atoms with Gasteiger partial charge in [0.1, 0.15) is 0 Å². The topological polar surface area (TPSA) is 37.5 Å². The van der Waals surface area contributed by atoms with Crippen LogP contribution in [0.4, 0.5) is 0 Å². The third-order valence-corrected chi connectivity index (χ3v) is 6.13. The third-order valence-electron chi connectivity index (χ3n) is 6.13. The molecule has 28 heavy (non-hydrogen) atoms. The fraction of sp³-hybridized carbons (Fsp3) is 0.375. The van der Waals surface area contributed by atoms with E-state index >= 15 is 0 Å². The van der Waals surface area contributed by atoms with E-state index in [0.29, 0.717) is 5.92 Å². The summed E-state index contributed by atoms with van der Waals surface area (Å²) in [5, 5.41) is 1.31. The van der Waals surface area contributed by atoms with Crippen molar-refractivity contribution in [3.63, 3.8) is 0 Å². The molecule has 4 heteroatoms. The molecule has 147 valence electrons. The van der Waals surface area contributed by atoms with Crippen LogP contribution >= 0.6 is 0 Å². The van der Waals surface area contributed by atoms with Gasteiger partial charge >= 0.3 is 0 Å². The summed E-state index contributed by atoms with van der Waals surface area (Å²) in [6, 6.07) is 13.0. The summed E-state index contributed by atoms with van der Waals surface area (Å²) in [7, 11) is 3.33. The van der Waals surface area contributed by atoms with Crippen LogP contribution < -0.4 is 9.47 Å². The normalized spacial score (nSPS) is 15.9. The second-order valence-electron chi connectivity index (χ2n) is 7.62. The number of hydrogen-bond acceptors (Lipinski definition) is 3. The van der Waals surface area contributed by atoms with Crippen molar-refractivity contribution in [1.82, 2.24) is 9.88 Å². The van der Waals surface area contributed by atoms with Gasteiger partial charge in [-0.25, -0.2) is 0 Å². The van der Waals surface area contributed by atoms with Crippen LogP contribution in [0.2, 0.25) is 0 Å². The first-order chi connectivity index (χ1) is 13.6. The zero-order valence-corrected chi connectivity index (χ0v) is 17.0. The molecule has 0 atom stereocenters. The lowest BCUT2D eigenvalue weighted by Crippen LogP contribution is -2.32. The van der Waals surface area contributed by atoms with Crippen LogP contribution in [0.3, 0.4) is 0 Å². The lowest BCUT2D eigenvalue weighted by atomic mass is 9.88. The highest BCUT2D eigenvalue weighted by molar-refractivity contribution is 5.91. The molecule has 1 aliphatic heterocycles. The maximum atomic E-state index is 5.48. The van der Waals surface area contributed by atoms with E-state index < -0.39 is 0 Å². The second-order valence-corrected chi connectivity index (χ2v) is 7.62. The Morgan fingerprint density at radius 3 is 2.46 bits per heavy atom. The predicted molar refractivity (Wildman–Crippen MR) is 115 cm³/mol. The van der Waals surface area contributed by atoms with Crippen molar-refractivity contribution in [3.05, 3.63) is 54.4 Å². The van der Waals surface area contributed by atoms with Gasteiger partial charge in [0.2, 0.25) is 0 Å². The third kappa shape index (κ3) is 3.37. The molecule has 1 saturated heterocycles. The first-order valence-electron chi connectivity index (χ1n) is 10.0. The van der Waals surface area contributed by atoms with Crippen LogP contribution in [-0.4, -0.2) is 43.7 Å². The summed E-state index contributed by atoms with van der Waals surface area (Å²) in [5.74, 6) is 2.14. The van der Waals surface area contributed by atoms with Gasteiger partial charge in [0.15, 0.2) is 11.5 Å². The van der Waals surface area contributed by atoms with Crippen LogP contribution in [0, 0.1) is 13.8 Å². The quantitative estimate of drug-likeness (QED) is 0.666. The van der Waals surface area contributed by atoms with Gasteiger partial charge < -0.3 is 19.4 Å². The number of piperidine rings is 1. The van der Waals surface area contributed by atoms with E-state index in [4.69, 9.17) is 9.47 Å². The molecule has 0 unspecified atom stereocenters. The van der Waals surface area contributed by atoms with E-state index in [9.17, 15) is 0 Å². The van der Waals surface area contributed by atoms with Crippen molar-refractivity contribution in [2.24, 2.45) is 0 Å². The minimum absolute atomic E-state index is 0.644. The first-order valence-corrected chi connectivity index (χ1v) is 10.0. The molecule has 2 heterocycles. The lowest BCUT2D eigenvalue weighted by molar-refractivity contribution is 0.232. The molecule has 1 N–H and O–H groups in total. The molecule has 3 aromatic rings. The monoisotopic (exact) mass is 377 g/mol. The highest BCUT2D eigenvalue weighted by atomic mass is 16.5. The van der Waals surface area contributed by atoms with Gasteiger partial charge in [-0.15, -0.1) is 0 Å². The Hall–Kier alpha value is -2.46. The molecule has 0 amide bonds. The summed E-state index contributed by atoms with van der Waals surface area (Å²) < 4.78 is 10.9. The van der Waals surface area contributed by atoms with Gasteiger partial charge in [-0.1, -0.05) is 6.07 Å². The van der Waals surface area contributed by atoms with E-state index in [1.165, 1.54) is 34.9 Å². The molecule has 4 rings (SSSR count). The Morgan fingerprint density at radius 2 is 1.79 bits per heavy atom. The van der Waals surface area contributed by atoms with Crippen molar-refractivity contribution >= 4 is 10.9 Å². The number of rotatable bonds is 5. The second kappa shape index (κ2) is 7.88. The highest BCUT2D eigenvalue weighted by Crippen LogP contribution is 2.37. The smallest absolute Gasteiger partial charge is 0.161 e. The van der Waals surface area contributed by atoms with E-state index in [2.05, 4.69) is 48.0 Å². The van der Waals surface area contributed by atoms with E-state index in [-0.39, 0.29) is 0 Å². The van der Waals surface area contributed by atoms with Gasteiger partial charge in [0.05, 0.1) is 14.2 Å². The number of fused-ring (bicyclic) bond motifs is 1. The van der Waals surface area contributed by atoms with E-state index in [0.717, 1.165) is 42.4 Å². The average Bonchev–Trinajstić information content (AvgIpc) is 3.09. The fourth-order valence-electron chi connectivity index (χ4n) is 4.37. The maximum Gasteiger partial charge on any atom is 0.161 e. The molecule has 0 bridgehead atoms. The minimum Gasteiger partial charge on any atom is -0.493 e. The number of aromatic nitrogens is 1. The lowest BCUT2D eigenvalue weighted by Gasteiger charge is -2.31. The van der Waals surface area contributed by atoms with Crippen LogP contribution in [0.1, 0.15) is 29.9 Å². The SMILES string of the molecule is [CH2]CN1CCC(c2ccc3[nH]c(-c4ccc(OC)c(OC)c4)c(C)c3c2)CC1. The predicted octanol–water partition coefficient (Wildman–Crippen LogP) is 5.17. The van der Waals surface area contributed by atoms with Gasteiger partial charge in [0, 0.05) is 22.2 Å². The molecular formula is C24H29N2O2. The largest absolute Gasteiger partial charge is 0.493 e. The standard InChI is InChI=1S/C24H29N2O2/c1-5-26-12-10-17(11-13-26)18-6-8-21-20(14-18)16(2)24(25-21)19-7-9-22(27-3)23(15-19)28-4/h6-9,14-15,17,25H,1,5,10-13H2,2-4H3. The Bertz CT molecular complexity index is 968. The number of aryl methyl sites for hydroxylation is 1. The van der Waals surface area contributed by atoms with Crippen molar-refractivity contribution < 1.29 is 9.47 Å². The molecule has 2 aromatic carbocycles. The maximum absolute atomic E-state index is 5.48. The molecule has 0 aliphatic carbocycles. The number of nitrogens with zero attached hydrogens (tertiary/aromatic N) is 1. The van der Waals surface area contributed by atoms with Crippen molar-refractivity contribution in [3.8, 4) is 22.8 Å². The number of methoxy groups -OCH3 is 2. The van der Waals surface area contributed by atoms with Crippen molar-refractivity contribution in [2.45, 2.75) is 25.7 Å². The number of nitrogens with one attached hydrogen (secondary N) is 1. The highest BCUT2D eigenvalue weighted by Gasteiger charge is 2.21. The molecule has 0 spiro atoms. The summed E-state index contributed by atoms with van der Waals surface area (Å²) >= 11 is 0. The van der Waals surface area contributed by atoms with Gasteiger partial charge in [-0.2, -0.15) is 0 Å². The van der Waals surface area contributed by atoms with Crippen LogP contribution in [0.25, 0.3) is 22.2 Å². The summed E-state index contributed by atoms with van der Waals surface area (Å²) in [6.07, 6.45) is 2.43. The Morgan fingerprint density at radius 1 is 1.04 bits per heavy atom. The number of ether oxygens (including phenoxy) is 2. The number of hydrogen-bond donors (Lipinski definition) is 1. The van der Waals surface area contributed by atoms with E-state index in [1.807, 2.05) is 12.1 Å². The van der Waals surface area contributed by atoms with Crippen molar-refractivity contribution in [2.75, 3.05) is 33.9 Å². The number of benzene rings is 2. The zero-order chi connectivity index (χ0) is 19.7. The zero-order valence-electron chi connectivity index (χ0n) is 17.0. The summed E-state index contributed by atoms with van der Waals surface area (Å²) in [6.45, 7) is 9.42. The Kier molecular flexibility index (Phi) is 5.31. The molecule has 1 fully saturated rings. The first kappa shape index (κ1) is 18.9. The summed E-state index contributed by atoms with van der Waals surface area (Å²) in [4.78, 5) is 6.04. The van der Waals surface area contributed by atoms with Gasteiger partial charge in [-0.05, 0) is 93.7 Å². The molecule has 1 radical (unpaired) electrons. The number of aromatic amines is 1. The molecule has 0 saturated carbocycles. The van der Waals surface area contributed by atoms with E-state index in [1.54, 1.807) is 14.2 Å². The minimum atomic E-state index is 0.644. The molecule has 1 aliphatic rings.